The lowest BCUT2D eigenvalue weighted by atomic mass is 9.93. The second kappa shape index (κ2) is 12.3. The van der Waals surface area contributed by atoms with E-state index in [9.17, 15) is 17.6 Å². The molecule has 47 heavy (non-hydrogen) atoms. The Morgan fingerprint density at radius 2 is 2.04 bits per heavy atom. The normalized spacial score (nSPS) is 26.1. The van der Waals surface area contributed by atoms with Gasteiger partial charge in [-0.05, 0) is 45.0 Å². The second-order valence-electron chi connectivity index (χ2n) is 12.7. The van der Waals surface area contributed by atoms with Gasteiger partial charge in [0.25, 0.3) is 0 Å². The first-order valence-corrected chi connectivity index (χ1v) is 16.1. The standard InChI is InChI=1S/C31H35ClF5N7O3/c1-39-5-7-44-21-3-8-45-13-16(21)14-46-28-22-26(24(34)25(40-28)19-9-18(38)10-20(32)23(19)31(35,36)37)41-29(42-27(22)44)47-15-30-4-2-6-43(30)12-17(33)11-30/h9-10,16-17,21,39H,2-8,11-15,38H2,1H3/t16?,17-,21?,30+/m1/s1. The molecule has 3 saturated heterocycles. The number of ether oxygens (including phenoxy) is 3. The van der Waals surface area contributed by atoms with Gasteiger partial charge in [-0.2, -0.15) is 23.1 Å². The third-order valence-electron chi connectivity index (χ3n) is 9.74. The number of nitrogens with zero attached hydrogens (tertiary/aromatic N) is 5. The van der Waals surface area contributed by atoms with Crippen molar-refractivity contribution in [3.05, 3.63) is 28.5 Å². The van der Waals surface area contributed by atoms with Crippen molar-refractivity contribution in [2.75, 3.05) is 70.3 Å². The van der Waals surface area contributed by atoms with Gasteiger partial charge in [0.05, 0.1) is 29.3 Å². The number of anilines is 2. The third-order valence-corrected chi connectivity index (χ3v) is 10.0. The SMILES string of the molecule is CNCCN1c2nc(OC[C@@]34CCCN3C[C@H](F)C4)nc3c(F)c(-c4cc(N)cc(Cl)c4C(F)(F)F)nc(c23)OCC2COCCC21. The molecule has 4 aliphatic rings. The van der Waals surface area contributed by atoms with Gasteiger partial charge in [0.2, 0.25) is 5.88 Å². The summed E-state index contributed by atoms with van der Waals surface area (Å²) < 4.78 is 92.5. The predicted molar refractivity (Wildman–Crippen MR) is 165 cm³/mol. The minimum absolute atomic E-state index is 0.0702. The number of rotatable bonds is 7. The van der Waals surface area contributed by atoms with Gasteiger partial charge >= 0.3 is 12.2 Å². The van der Waals surface area contributed by atoms with Crippen LogP contribution in [0.3, 0.4) is 0 Å². The monoisotopic (exact) mass is 683 g/mol. The fraction of sp³-hybridized carbons (Fsp3) is 0.581. The highest BCUT2D eigenvalue weighted by Gasteiger charge is 2.49. The number of fused-ring (bicyclic) bond motifs is 2. The van der Waals surface area contributed by atoms with Gasteiger partial charge in [-0.15, -0.1) is 0 Å². The molecule has 0 radical (unpaired) electrons. The average Bonchev–Trinajstić information content (AvgIpc) is 3.54. The molecule has 3 fully saturated rings. The van der Waals surface area contributed by atoms with Crippen molar-refractivity contribution in [3.8, 4) is 23.1 Å². The van der Waals surface area contributed by atoms with Gasteiger partial charge in [0.1, 0.15) is 35.2 Å². The topological polar surface area (TPSA) is 111 Å². The molecule has 3 N–H and O–H groups in total. The fourth-order valence-corrected chi connectivity index (χ4v) is 7.95. The number of nitrogens with two attached hydrogens (primary N) is 1. The summed E-state index contributed by atoms with van der Waals surface area (Å²) in [6.07, 6.45) is -3.41. The number of benzene rings is 1. The average molecular weight is 684 g/mol. The van der Waals surface area contributed by atoms with E-state index in [2.05, 4.69) is 20.2 Å². The fourth-order valence-electron chi connectivity index (χ4n) is 7.61. The minimum Gasteiger partial charge on any atom is -0.477 e. The number of alkyl halides is 4. The van der Waals surface area contributed by atoms with E-state index >= 15 is 4.39 Å². The third kappa shape index (κ3) is 5.78. The summed E-state index contributed by atoms with van der Waals surface area (Å²) in [7, 11) is 1.81. The maximum absolute atomic E-state index is 16.8. The number of pyridine rings is 1. The van der Waals surface area contributed by atoms with E-state index in [0.29, 0.717) is 45.7 Å². The van der Waals surface area contributed by atoms with E-state index in [1.54, 1.807) is 0 Å². The molecule has 10 nitrogen and oxygen atoms in total. The zero-order chi connectivity index (χ0) is 33.1. The Kier molecular flexibility index (Phi) is 8.46. The first-order chi connectivity index (χ1) is 22.5. The Morgan fingerprint density at radius 3 is 2.83 bits per heavy atom. The summed E-state index contributed by atoms with van der Waals surface area (Å²) in [6.45, 7) is 3.09. The van der Waals surface area contributed by atoms with Gasteiger partial charge in [-0.3, -0.25) is 4.90 Å². The van der Waals surface area contributed by atoms with Crippen LogP contribution in [0.25, 0.3) is 22.2 Å². The number of nitrogens with one attached hydrogen (secondary N) is 1. The van der Waals surface area contributed by atoms with Gasteiger partial charge < -0.3 is 30.2 Å². The van der Waals surface area contributed by atoms with Crippen LogP contribution in [0, 0.1) is 11.7 Å². The highest BCUT2D eigenvalue weighted by molar-refractivity contribution is 6.32. The molecule has 7 rings (SSSR count). The summed E-state index contributed by atoms with van der Waals surface area (Å²) in [5, 5.41) is 2.54. The summed E-state index contributed by atoms with van der Waals surface area (Å²) in [5.41, 5.74) is 2.29. The van der Waals surface area contributed by atoms with E-state index < -0.39 is 45.5 Å². The first-order valence-electron chi connectivity index (χ1n) is 15.7. The van der Waals surface area contributed by atoms with Gasteiger partial charge in [-0.1, -0.05) is 11.6 Å². The lowest BCUT2D eigenvalue weighted by Crippen LogP contribution is -2.51. The van der Waals surface area contributed by atoms with Crippen LogP contribution in [-0.2, 0) is 10.9 Å². The summed E-state index contributed by atoms with van der Waals surface area (Å²) >= 11 is 6.04. The molecule has 2 unspecified atom stereocenters. The molecular weight excluding hydrogens is 649 g/mol. The van der Waals surface area contributed by atoms with Gasteiger partial charge in [-0.25, -0.2) is 13.8 Å². The van der Waals surface area contributed by atoms with Crippen molar-refractivity contribution in [1.29, 1.82) is 0 Å². The molecule has 0 saturated carbocycles. The molecule has 0 aliphatic carbocycles. The molecule has 0 spiro atoms. The summed E-state index contributed by atoms with van der Waals surface area (Å²) in [6, 6.07) is 1.63. The number of halogens is 6. The van der Waals surface area contributed by atoms with Crippen LogP contribution >= 0.6 is 11.6 Å². The van der Waals surface area contributed by atoms with Crippen LogP contribution in [0.1, 0.15) is 31.2 Å². The quantitative estimate of drug-likeness (QED) is 0.265. The lowest BCUT2D eigenvalue weighted by molar-refractivity contribution is -0.137. The molecule has 0 amide bonds. The van der Waals surface area contributed by atoms with Gasteiger partial charge in [0.15, 0.2) is 5.82 Å². The maximum Gasteiger partial charge on any atom is 0.418 e. The Bertz CT molecular complexity index is 1680. The number of hydrogen-bond donors (Lipinski definition) is 2. The molecule has 254 valence electrons. The zero-order valence-corrected chi connectivity index (χ0v) is 26.4. The Labute approximate surface area is 272 Å². The van der Waals surface area contributed by atoms with Crippen LogP contribution < -0.4 is 25.4 Å². The Hall–Kier alpha value is -3.27. The number of aromatic nitrogens is 3. The van der Waals surface area contributed by atoms with Crippen molar-refractivity contribution in [1.82, 2.24) is 25.2 Å². The Morgan fingerprint density at radius 1 is 1.21 bits per heavy atom. The molecule has 6 heterocycles. The van der Waals surface area contributed by atoms with E-state index in [-0.39, 0.29) is 59.5 Å². The van der Waals surface area contributed by atoms with Crippen molar-refractivity contribution in [2.45, 2.75) is 49.6 Å². The molecule has 3 aromatic rings. The van der Waals surface area contributed by atoms with Crippen LogP contribution in [0.4, 0.5) is 33.5 Å². The van der Waals surface area contributed by atoms with Crippen molar-refractivity contribution >= 4 is 34.0 Å². The molecule has 1 aromatic carbocycles. The smallest absolute Gasteiger partial charge is 0.418 e. The number of likely N-dealkylation sites (N-methyl/N-ethyl adjacent to an activating group) is 1. The molecule has 2 aromatic heterocycles. The van der Waals surface area contributed by atoms with E-state index in [4.69, 9.17) is 36.5 Å². The predicted octanol–water partition coefficient (Wildman–Crippen LogP) is 4.86. The van der Waals surface area contributed by atoms with E-state index in [0.717, 1.165) is 31.5 Å². The maximum atomic E-state index is 16.8. The molecule has 4 aliphatic heterocycles. The van der Waals surface area contributed by atoms with Crippen LogP contribution in [0.15, 0.2) is 12.1 Å². The molecule has 4 atom stereocenters. The highest BCUT2D eigenvalue weighted by atomic mass is 35.5. The molecule has 16 heteroatoms. The van der Waals surface area contributed by atoms with Crippen LogP contribution in [-0.4, -0.2) is 97.3 Å². The Balaban J connectivity index is 1.44. The molecule has 0 bridgehead atoms. The van der Waals surface area contributed by atoms with Gasteiger partial charge in [0, 0.05) is 55.9 Å². The molecular formula is C31H35ClF5N7O3. The number of nitrogen functional groups attached to an aromatic ring is 1. The summed E-state index contributed by atoms with van der Waals surface area (Å²) in [4.78, 5) is 17.6. The van der Waals surface area contributed by atoms with E-state index in [1.165, 1.54) is 0 Å². The van der Waals surface area contributed by atoms with Crippen molar-refractivity contribution in [3.63, 3.8) is 0 Å². The van der Waals surface area contributed by atoms with E-state index in [1.807, 2.05) is 11.9 Å². The van der Waals surface area contributed by atoms with Crippen molar-refractivity contribution in [2.24, 2.45) is 5.92 Å². The largest absolute Gasteiger partial charge is 0.477 e. The second-order valence-corrected chi connectivity index (χ2v) is 13.1. The number of hydrogen-bond acceptors (Lipinski definition) is 10. The zero-order valence-electron chi connectivity index (χ0n) is 25.7. The van der Waals surface area contributed by atoms with Crippen LogP contribution in [0.5, 0.6) is 11.9 Å². The summed E-state index contributed by atoms with van der Waals surface area (Å²) in [5.74, 6) is -1.16. The highest BCUT2D eigenvalue weighted by Crippen LogP contribution is 2.47. The lowest BCUT2D eigenvalue weighted by Gasteiger charge is -2.42. The van der Waals surface area contributed by atoms with Crippen molar-refractivity contribution < 1.29 is 36.2 Å². The minimum atomic E-state index is -4.96. The van der Waals surface area contributed by atoms with Crippen LogP contribution in [0.2, 0.25) is 5.02 Å². The first kappa shape index (κ1) is 32.3.